The summed E-state index contributed by atoms with van der Waals surface area (Å²) in [6.45, 7) is 14.6. The van der Waals surface area contributed by atoms with Gasteiger partial charge in [-0.25, -0.2) is 0 Å². The molecule has 0 aromatic carbocycles. The van der Waals surface area contributed by atoms with Gasteiger partial charge in [-0.15, -0.1) is 0 Å². The first-order valence-corrected chi connectivity index (χ1v) is 11.1. The fourth-order valence-corrected chi connectivity index (χ4v) is 7.90. The predicted molar refractivity (Wildman–Crippen MR) is 86.9 cm³/mol. The van der Waals surface area contributed by atoms with Crippen LogP contribution in [0.3, 0.4) is 0 Å². The van der Waals surface area contributed by atoms with E-state index in [1.54, 1.807) is 0 Å². The molecule has 2 saturated heterocycles. The second kappa shape index (κ2) is 6.87. The third-order valence-corrected chi connectivity index (χ3v) is 9.40. The highest BCUT2D eigenvalue weighted by atomic mass is 28.4. The molecule has 2 heterocycles. The van der Waals surface area contributed by atoms with Gasteiger partial charge in [-0.05, 0) is 39.7 Å². The van der Waals surface area contributed by atoms with Crippen LogP contribution in [0.5, 0.6) is 0 Å². The largest absolute Gasteiger partial charge is 0.407 e. The van der Waals surface area contributed by atoms with Gasteiger partial charge in [-0.1, -0.05) is 20.8 Å². The highest BCUT2D eigenvalue weighted by Crippen LogP contribution is 2.57. The average molecular weight is 333 g/mol. The Hall–Kier alpha value is 0.0169. The van der Waals surface area contributed by atoms with Gasteiger partial charge in [0.2, 0.25) is 10.8 Å². The van der Waals surface area contributed by atoms with Gasteiger partial charge in [0.1, 0.15) is 12.2 Å². The first kappa shape index (κ1) is 18.4. The van der Waals surface area contributed by atoms with Crippen molar-refractivity contribution >= 4 is 8.32 Å². The lowest BCUT2D eigenvalue weighted by Gasteiger charge is -2.38. The van der Waals surface area contributed by atoms with Crippen molar-refractivity contribution < 1.29 is 23.4 Å². The van der Waals surface area contributed by atoms with Crippen molar-refractivity contribution in [1.82, 2.24) is 0 Å². The summed E-state index contributed by atoms with van der Waals surface area (Å²) in [5.41, 5.74) is -1.28. The van der Waals surface area contributed by atoms with Crippen molar-refractivity contribution in [2.24, 2.45) is 0 Å². The fraction of sp³-hybridized carbons (Fsp3) is 1.00. The summed E-state index contributed by atoms with van der Waals surface area (Å²) in [5, 5.41) is 0. The van der Waals surface area contributed by atoms with E-state index in [9.17, 15) is 0 Å². The molecule has 0 N–H and O–H groups in total. The van der Waals surface area contributed by atoms with E-state index >= 15 is 0 Å². The quantitative estimate of drug-likeness (QED) is 0.430. The van der Waals surface area contributed by atoms with E-state index < -0.39 is 19.1 Å². The van der Waals surface area contributed by atoms with Gasteiger partial charge in [-0.3, -0.25) is 0 Å². The van der Waals surface area contributed by atoms with Crippen molar-refractivity contribution in [3.05, 3.63) is 0 Å². The Kier molecular flexibility index (Phi) is 5.73. The van der Waals surface area contributed by atoms with Crippen LogP contribution in [0.1, 0.15) is 53.9 Å². The van der Waals surface area contributed by atoms with Crippen LogP contribution in [0.15, 0.2) is 0 Å². The molecule has 0 amide bonds. The molecule has 0 bridgehead atoms. The second-order valence-electron chi connectivity index (χ2n) is 6.43. The molecule has 0 aliphatic carbocycles. The molecule has 130 valence electrons. The van der Waals surface area contributed by atoms with E-state index in [4.69, 9.17) is 23.4 Å². The summed E-state index contributed by atoms with van der Waals surface area (Å²) in [6, 6.07) is 0. The first-order chi connectivity index (χ1) is 10.4. The maximum absolute atomic E-state index is 6.41. The second-order valence-corrected chi connectivity index (χ2v) is 10.2. The Labute approximate surface area is 135 Å². The van der Waals surface area contributed by atoms with Crippen molar-refractivity contribution in [3.8, 4) is 0 Å². The number of epoxide rings is 2. The van der Waals surface area contributed by atoms with Crippen LogP contribution in [-0.2, 0) is 23.4 Å². The Balaban J connectivity index is 2.27. The molecule has 0 aromatic heterocycles. The summed E-state index contributed by atoms with van der Waals surface area (Å²) in [5.74, 6) is 0. The van der Waals surface area contributed by atoms with Gasteiger partial charge in [-0.2, -0.15) is 0 Å². The summed E-state index contributed by atoms with van der Waals surface area (Å²) in [7, 11) is -2.59. The van der Waals surface area contributed by atoms with Gasteiger partial charge in [0, 0.05) is 19.8 Å². The summed E-state index contributed by atoms with van der Waals surface area (Å²) >= 11 is 0. The standard InChI is InChI=1S/C16H32O5Si/c1-7-10-17-15(13(4)20-15)22(6,19-12-9-3)16(14(5)21-16)18-11-8-2/h13-14H,7-12H2,1-6H3. The molecule has 2 rings (SSSR count). The Morgan fingerprint density at radius 2 is 1.18 bits per heavy atom. The Morgan fingerprint density at radius 1 is 0.818 bits per heavy atom. The number of ether oxygens (including phenoxy) is 4. The molecule has 22 heavy (non-hydrogen) atoms. The molecular weight excluding hydrogens is 300 g/mol. The SMILES string of the molecule is CCCOC1([Si](C)(OCCC)C2(OCCC)OC2C)OC1C. The minimum atomic E-state index is -2.59. The summed E-state index contributed by atoms with van der Waals surface area (Å²) in [4.78, 5) is 0. The van der Waals surface area contributed by atoms with Crippen LogP contribution < -0.4 is 0 Å². The van der Waals surface area contributed by atoms with Crippen molar-refractivity contribution in [2.45, 2.75) is 83.5 Å². The maximum Gasteiger partial charge on any atom is 0.325 e. The molecule has 2 fully saturated rings. The van der Waals surface area contributed by atoms with Crippen LogP contribution in [0.4, 0.5) is 0 Å². The normalized spacial score (nSPS) is 39.5. The van der Waals surface area contributed by atoms with E-state index in [0.717, 1.165) is 19.3 Å². The van der Waals surface area contributed by atoms with E-state index in [1.165, 1.54) is 0 Å². The molecule has 4 atom stereocenters. The lowest BCUT2D eigenvalue weighted by molar-refractivity contribution is -0.0532. The topological polar surface area (TPSA) is 52.8 Å². The van der Waals surface area contributed by atoms with Crippen LogP contribution in [-0.4, -0.2) is 51.2 Å². The van der Waals surface area contributed by atoms with E-state index in [1.807, 2.05) is 0 Å². The minimum absolute atomic E-state index is 0.0334. The molecule has 0 spiro atoms. The van der Waals surface area contributed by atoms with Gasteiger partial charge in [0.15, 0.2) is 0 Å². The van der Waals surface area contributed by atoms with E-state index in [0.29, 0.717) is 19.8 Å². The van der Waals surface area contributed by atoms with Gasteiger partial charge >= 0.3 is 8.32 Å². The molecule has 0 saturated carbocycles. The number of hydrogen-bond acceptors (Lipinski definition) is 5. The third-order valence-electron chi connectivity index (χ3n) is 4.63. The molecule has 4 unspecified atom stereocenters. The first-order valence-electron chi connectivity index (χ1n) is 8.71. The highest BCUT2D eigenvalue weighted by molar-refractivity contribution is 6.79. The predicted octanol–water partition coefficient (Wildman–Crippen LogP) is 3.15. The smallest absolute Gasteiger partial charge is 0.325 e. The van der Waals surface area contributed by atoms with Crippen LogP contribution in [0.25, 0.3) is 0 Å². The Bertz CT molecular complexity index is 352. The average Bonchev–Trinajstić information content (AvgIpc) is 3.37. The zero-order valence-electron chi connectivity index (χ0n) is 14.9. The lowest BCUT2D eigenvalue weighted by atomic mass is 10.5. The zero-order chi connectivity index (χ0) is 16.4. The van der Waals surface area contributed by atoms with Crippen molar-refractivity contribution in [2.75, 3.05) is 19.8 Å². The minimum Gasteiger partial charge on any atom is -0.407 e. The van der Waals surface area contributed by atoms with Crippen LogP contribution >= 0.6 is 0 Å². The number of hydrogen-bond donors (Lipinski definition) is 0. The third kappa shape index (κ3) is 2.78. The van der Waals surface area contributed by atoms with Crippen molar-refractivity contribution in [3.63, 3.8) is 0 Å². The molecular formula is C16H32O5Si. The lowest BCUT2D eigenvalue weighted by Crippen LogP contribution is -2.66. The molecule has 0 aromatic rings. The van der Waals surface area contributed by atoms with Gasteiger partial charge < -0.3 is 23.4 Å². The molecule has 6 heteroatoms. The number of rotatable bonds is 11. The zero-order valence-corrected chi connectivity index (χ0v) is 15.9. The maximum atomic E-state index is 6.41. The molecule has 2 aliphatic rings. The monoisotopic (exact) mass is 332 g/mol. The molecule has 2 aliphatic heterocycles. The van der Waals surface area contributed by atoms with Crippen LogP contribution in [0, 0.1) is 0 Å². The van der Waals surface area contributed by atoms with Gasteiger partial charge in [0.25, 0.3) is 0 Å². The summed E-state index contributed by atoms with van der Waals surface area (Å²) < 4.78 is 30.7. The van der Waals surface area contributed by atoms with E-state index in [2.05, 4.69) is 41.2 Å². The molecule has 5 nitrogen and oxygen atoms in total. The fourth-order valence-electron chi connectivity index (χ4n) is 3.29. The van der Waals surface area contributed by atoms with E-state index in [-0.39, 0.29) is 12.2 Å². The highest BCUT2D eigenvalue weighted by Gasteiger charge is 2.84. The molecule has 0 radical (unpaired) electrons. The summed E-state index contributed by atoms with van der Waals surface area (Å²) in [6.07, 6.45) is 2.93. The van der Waals surface area contributed by atoms with Crippen molar-refractivity contribution in [1.29, 1.82) is 0 Å². The van der Waals surface area contributed by atoms with Crippen LogP contribution in [0.2, 0.25) is 6.55 Å². The Morgan fingerprint density at radius 3 is 1.45 bits per heavy atom. The van der Waals surface area contributed by atoms with Gasteiger partial charge in [0.05, 0.1) is 0 Å².